The summed E-state index contributed by atoms with van der Waals surface area (Å²) in [6, 6.07) is 0. The first-order valence-electron chi connectivity index (χ1n) is 5.13. The van der Waals surface area contributed by atoms with Gasteiger partial charge in [0.2, 0.25) is 0 Å². The van der Waals surface area contributed by atoms with Crippen molar-refractivity contribution in [2.24, 2.45) is 5.41 Å². The molecule has 15 heavy (non-hydrogen) atoms. The van der Waals surface area contributed by atoms with Crippen molar-refractivity contribution in [2.75, 3.05) is 6.61 Å². The fraction of sp³-hybridized carbons (Fsp3) is 0.636. The lowest BCUT2D eigenvalue weighted by atomic mass is 9.89. The van der Waals surface area contributed by atoms with Crippen LogP contribution in [0, 0.1) is 5.41 Å². The van der Waals surface area contributed by atoms with Gasteiger partial charge in [-0.2, -0.15) is 5.10 Å². The lowest BCUT2D eigenvalue weighted by molar-refractivity contribution is 0.0524. The second-order valence-electron chi connectivity index (χ2n) is 4.72. The molecule has 0 atom stereocenters. The van der Waals surface area contributed by atoms with Crippen molar-refractivity contribution in [3.05, 3.63) is 17.5 Å². The first kappa shape index (κ1) is 11.8. The maximum Gasteiger partial charge on any atom is 0.341 e. The van der Waals surface area contributed by atoms with Crippen LogP contribution in [0.1, 0.15) is 43.7 Å². The first-order chi connectivity index (χ1) is 6.94. The predicted octanol–water partition coefficient (Wildman–Crippen LogP) is 2.17. The maximum atomic E-state index is 11.5. The highest BCUT2D eigenvalue weighted by atomic mass is 16.5. The molecule has 0 saturated carbocycles. The van der Waals surface area contributed by atoms with E-state index in [1.54, 1.807) is 6.92 Å². The number of hydrogen-bond donors (Lipinski definition) is 1. The van der Waals surface area contributed by atoms with Crippen LogP contribution >= 0.6 is 0 Å². The molecule has 0 spiro atoms. The minimum Gasteiger partial charge on any atom is -0.462 e. The molecule has 4 heteroatoms. The molecule has 4 nitrogen and oxygen atoms in total. The van der Waals surface area contributed by atoms with E-state index < -0.39 is 0 Å². The third-order valence-electron chi connectivity index (χ3n) is 1.92. The first-order valence-corrected chi connectivity index (χ1v) is 5.13. The van der Waals surface area contributed by atoms with Crippen LogP contribution in [0.5, 0.6) is 0 Å². The van der Waals surface area contributed by atoms with Crippen LogP contribution in [0.3, 0.4) is 0 Å². The highest BCUT2D eigenvalue weighted by Crippen LogP contribution is 2.21. The van der Waals surface area contributed by atoms with Gasteiger partial charge in [0.1, 0.15) is 5.56 Å². The minimum atomic E-state index is -0.300. The van der Waals surface area contributed by atoms with E-state index in [2.05, 4.69) is 31.0 Å². The summed E-state index contributed by atoms with van der Waals surface area (Å²) < 4.78 is 4.94. The number of aromatic amines is 1. The normalized spacial score (nSPS) is 11.5. The highest BCUT2D eigenvalue weighted by Gasteiger charge is 2.19. The molecule has 0 fully saturated rings. The topological polar surface area (TPSA) is 55.0 Å². The second kappa shape index (κ2) is 4.47. The Kier molecular flexibility index (Phi) is 3.50. The van der Waals surface area contributed by atoms with Gasteiger partial charge in [0, 0.05) is 0 Å². The molecule has 0 bridgehead atoms. The molecule has 1 heterocycles. The number of carbonyl (C=O) groups excluding carboxylic acids is 1. The molecule has 0 amide bonds. The van der Waals surface area contributed by atoms with Gasteiger partial charge >= 0.3 is 5.97 Å². The van der Waals surface area contributed by atoms with Crippen molar-refractivity contribution >= 4 is 5.97 Å². The van der Waals surface area contributed by atoms with E-state index >= 15 is 0 Å². The highest BCUT2D eigenvalue weighted by molar-refractivity contribution is 5.90. The Bertz CT molecular complexity index is 337. The van der Waals surface area contributed by atoms with Crippen LogP contribution in [-0.2, 0) is 11.2 Å². The van der Waals surface area contributed by atoms with Crippen LogP contribution in [0.25, 0.3) is 0 Å². The van der Waals surface area contributed by atoms with Crippen molar-refractivity contribution < 1.29 is 9.53 Å². The summed E-state index contributed by atoms with van der Waals surface area (Å²) in [6.07, 6.45) is 2.31. The summed E-state index contributed by atoms with van der Waals surface area (Å²) in [4.78, 5) is 11.5. The minimum absolute atomic E-state index is 0.119. The summed E-state index contributed by atoms with van der Waals surface area (Å²) in [5.74, 6) is -0.300. The molecule has 1 aromatic heterocycles. The Morgan fingerprint density at radius 1 is 1.53 bits per heavy atom. The van der Waals surface area contributed by atoms with Gasteiger partial charge < -0.3 is 4.74 Å². The number of hydrogen-bond acceptors (Lipinski definition) is 3. The van der Waals surface area contributed by atoms with Gasteiger partial charge in [0.25, 0.3) is 0 Å². The molecule has 1 rings (SSSR count). The van der Waals surface area contributed by atoms with Gasteiger partial charge in [-0.3, -0.25) is 5.10 Å². The molecular weight excluding hydrogens is 192 g/mol. The van der Waals surface area contributed by atoms with Gasteiger partial charge in [-0.25, -0.2) is 4.79 Å². The van der Waals surface area contributed by atoms with Crippen molar-refractivity contribution in [2.45, 2.75) is 34.1 Å². The zero-order valence-corrected chi connectivity index (χ0v) is 9.76. The second-order valence-corrected chi connectivity index (χ2v) is 4.72. The van der Waals surface area contributed by atoms with E-state index in [1.165, 1.54) is 6.20 Å². The van der Waals surface area contributed by atoms with Crippen LogP contribution in [0.2, 0.25) is 0 Å². The van der Waals surface area contributed by atoms with E-state index in [-0.39, 0.29) is 11.4 Å². The lowest BCUT2D eigenvalue weighted by Gasteiger charge is -2.17. The number of H-pyrrole nitrogens is 1. The number of nitrogens with one attached hydrogen (secondary N) is 1. The fourth-order valence-electron chi connectivity index (χ4n) is 1.36. The van der Waals surface area contributed by atoms with E-state index in [0.717, 1.165) is 12.1 Å². The molecule has 1 N–H and O–H groups in total. The van der Waals surface area contributed by atoms with Crippen molar-refractivity contribution in [1.82, 2.24) is 10.2 Å². The van der Waals surface area contributed by atoms with Gasteiger partial charge in [0.05, 0.1) is 18.5 Å². The lowest BCUT2D eigenvalue weighted by Crippen LogP contribution is -2.14. The Hall–Kier alpha value is -1.32. The fourth-order valence-corrected chi connectivity index (χ4v) is 1.36. The van der Waals surface area contributed by atoms with Crippen molar-refractivity contribution in [3.8, 4) is 0 Å². The number of carbonyl (C=O) groups is 1. The molecule has 0 aliphatic carbocycles. The SMILES string of the molecule is CCOC(=O)c1cn[nH]c1CC(C)(C)C. The summed E-state index contributed by atoms with van der Waals surface area (Å²) >= 11 is 0. The molecular formula is C11H18N2O2. The molecule has 0 radical (unpaired) electrons. The standard InChI is InChI=1S/C11H18N2O2/c1-5-15-10(14)8-7-12-13-9(8)6-11(2,3)4/h7H,5-6H2,1-4H3,(H,12,13). The summed E-state index contributed by atoms with van der Waals surface area (Å²) in [7, 11) is 0. The predicted molar refractivity (Wildman–Crippen MR) is 57.7 cm³/mol. The molecule has 84 valence electrons. The number of aromatic nitrogens is 2. The molecule has 0 aromatic carbocycles. The summed E-state index contributed by atoms with van der Waals surface area (Å²) in [5.41, 5.74) is 1.51. The Labute approximate surface area is 90.0 Å². The largest absolute Gasteiger partial charge is 0.462 e. The summed E-state index contributed by atoms with van der Waals surface area (Å²) in [6.45, 7) is 8.52. The average Bonchev–Trinajstić information content (AvgIpc) is 2.49. The zero-order chi connectivity index (χ0) is 11.5. The van der Waals surface area contributed by atoms with Gasteiger partial charge in [0.15, 0.2) is 0 Å². The maximum absolute atomic E-state index is 11.5. The van der Waals surface area contributed by atoms with Gasteiger partial charge in [-0.05, 0) is 18.8 Å². The third-order valence-corrected chi connectivity index (χ3v) is 1.92. The van der Waals surface area contributed by atoms with Crippen molar-refractivity contribution in [1.29, 1.82) is 0 Å². The molecule has 0 unspecified atom stereocenters. The van der Waals surface area contributed by atoms with Gasteiger partial charge in [-0.1, -0.05) is 20.8 Å². The van der Waals surface area contributed by atoms with Crippen LogP contribution in [0.4, 0.5) is 0 Å². The molecule has 0 aliphatic rings. The van der Waals surface area contributed by atoms with Crippen LogP contribution < -0.4 is 0 Å². The van der Waals surface area contributed by atoms with Crippen LogP contribution in [0.15, 0.2) is 6.20 Å². The average molecular weight is 210 g/mol. The van der Waals surface area contributed by atoms with E-state index in [4.69, 9.17) is 4.74 Å². The number of nitrogens with zero attached hydrogens (tertiary/aromatic N) is 1. The number of esters is 1. The third kappa shape index (κ3) is 3.38. The smallest absolute Gasteiger partial charge is 0.341 e. The molecule has 0 saturated heterocycles. The molecule has 0 aliphatic heterocycles. The van der Waals surface area contributed by atoms with Gasteiger partial charge in [-0.15, -0.1) is 0 Å². The number of rotatable bonds is 3. The van der Waals surface area contributed by atoms with E-state index in [9.17, 15) is 4.79 Å². The Morgan fingerprint density at radius 2 is 2.20 bits per heavy atom. The van der Waals surface area contributed by atoms with E-state index in [1.807, 2.05) is 0 Å². The Morgan fingerprint density at radius 3 is 2.73 bits per heavy atom. The Balaban J connectivity index is 2.82. The summed E-state index contributed by atoms with van der Waals surface area (Å²) in [5, 5.41) is 6.73. The molecule has 1 aromatic rings. The monoisotopic (exact) mass is 210 g/mol. The van der Waals surface area contributed by atoms with Crippen LogP contribution in [-0.4, -0.2) is 22.8 Å². The number of ether oxygens (including phenoxy) is 1. The zero-order valence-electron chi connectivity index (χ0n) is 9.76. The van der Waals surface area contributed by atoms with Crippen molar-refractivity contribution in [3.63, 3.8) is 0 Å². The van der Waals surface area contributed by atoms with E-state index in [0.29, 0.717) is 12.2 Å². The quantitative estimate of drug-likeness (QED) is 0.778.